The van der Waals surface area contributed by atoms with Crippen molar-refractivity contribution in [3.8, 4) is 0 Å². The molecule has 4 nitrogen and oxygen atoms in total. The summed E-state index contributed by atoms with van der Waals surface area (Å²) in [4.78, 5) is 10.7. The van der Waals surface area contributed by atoms with Gasteiger partial charge in [-0.2, -0.15) is 0 Å². The molecular weight excluding hydrogens is 275 g/mol. The maximum absolute atomic E-state index is 10.7. The molecule has 100 valence electrons. The van der Waals surface area contributed by atoms with E-state index in [-0.39, 0.29) is 12.6 Å². The second kappa shape index (κ2) is 6.95. The lowest BCUT2D eigenvalue weighted by atomic mass is 10.0. The number of amides is 1. The number of carbonyl (C=O) groups is 1. The molecule has 0 spiro atoms. The fourth-order valence-corrected chi connectivity index (χ4v) is 1.89. The molecule has 0 saturated heterocycles. The van der Waals surface area contributed by atoms with Crippen LogP contribution in [-0.2, 0) is 4.79 Å². The van der Waals surface area contributed by atoms with Crippen LogP contribution in [0.4, 0.5) is 0 Å². The van der Waals surface area contributed by atoms with Crippen molar-refractivity contribution in [2.45, 2.75) is 25.5 Å². The van der Waals surface area contributed by atoms with Gasteiger partial charge in [0.05, 0.1) is 10.0 Å². The Morgan fingerprint density at radius 1 is 1.44 bits per heavy atom. The van der Waals surface area contributed by atoms with E-state index >= 15 is 0 Å². The predicted octanol–water partition coefficient (Wildman–Crippen LogP) is 1.88. The molecule has 2 atom stereocenters. The van der Waals surface area contributed by atoms with E-state index in [9.17, 15) is 9.90 Å². The minimum absolute atomic E-state index is 0.0197. The summed E-state index contributed by atoms with van der Waals surface area (Å²) in [6, 6.07) is 5.32. The summed E-state index contributed by atoms with van der Waals surface area (Å²) in [5, 5.41) is 13.4. The molecule has 1 aromatic carbocycles. The number of aliphatic hydroxyl groups excluding tert-OH is 1. The monoisotopic (exact) mass is 290 g/mol. The van der Waals surface area contributed by atoms with Gasteiger partial charge in [0.15, 0.2) is 0 Å². The van der Waals surface area contributed by atoms with Crippen molar-refractivity contribution in [3.05, 3.63) is 33.8 Å². The third kappa shape index (κ3) is 4.14. The highest BCUT2D eigenvalue weighted by molar-refractivity contribution is 6.42. The Morgan fingerprint density at radius 2 is 2.11 bits per heavy atom. The number of halogens is 2. The van der Waals surface area contributed by atoms with Crippen LogP contribution in [0.5, 0.6) is 0 Å². The zero-order chi connectivity index (χ0) is 13.7. The maximum Gasteiger partial charge on any atom is 0.247 e. The number of rotatable bonds is 6. The van der Waals surface area contributed by atoms with E-state index < -0.39 is 12.0 Å². The Kier molecular flexibility index (Phi) is 5.88. The standard InChI is InChI=1S/C12H16Cl2N2O2/c1-2-10(16-6-11(17)12(15)18)7-3-4-8(13)9(14)5-7/h3-5,10-11,16-17H,2,6H2,1H3,(H2,15,18). The van der Waals surface area contributed by atoms with Crippen LogP contribution in [0.2, 0.25) is 10.0 Å². The lowest BCUT2D eigenvalue weighted by Gasteiger charge is -2.19. The number of primary amides is 1. The molecule has 18 heavy (non-hydrogen) atoms. The normalized spacial score (nSPS) is 14.2. The molecule has 2 unspecified atom stereocenters. The third-order valence-electron chi connectivity index (χ3n) is 2.64. The minimum Gasteiger partial charge on any atom is -0.382 e. The van der Waals surface area contributed by atoms with E-state index in [4.69, 9.17) is 28.9 Å². The summed E-state index contributed by atoms with van der Waals surface area (Å²) in [6.45, 7) is 2.09. The van der Waals surface area contributed by atoms with Crippen molar-refractivity contribution in [1.82, 2.24) is 5.32 Å². The molecule has 0 aliphatic heterocycles. The van der Waals surface area contributed by atoms with Crippen LogP contribution in [0, 0.1) is 0 Å². The van der Waals surface area contributed by atoms with Crippen molar-refractivity contribution in [3.63, 3.8) is 0 Å². The SMILES string of the molecule is CCC(NCC(O)C(N)=O)c1ccc(Cl)c(Cl)c1. The molecule has 0 saturated carbocycles. The summed E-state index contributed by atoms with van der Waals surface area (Å²) in [7, 11) is 0. The van der Waals surface area contributed by atoms with Gasteiger partial charge in [0.25, 0.3) is 0 Å². The molecule has 4 N–H and O–H groups in total. The lowest BCUT2D eigenvalue weighted by molar-refractivity contribution is -0.125. The van der Waals surface area contributed by atoms with Crippen LogP contribution in [0.15, 0.2) is 18.2 Å². The van der Waals surface area contributed by atoms with E-state index in [0.717, 1.165) is 12.0 Å². The molecule has 0 aromatic heterocycles. The summed E-state index contributed by atoms with van der Waals surface area (Å²) >= 11 is 11.8. The fourth-order valence-electron chi connectivity index (χ4n) is 1.58. The van der Waals surface area contributed by atoms with Crippen LogP contribution >= 0.6 is 23.2 Å². The van der Waals surface area contributed by atoms with Crippen LogP contribution < -0.4 is 11.1 Å². The molecule has 0 radical (unpaired) electrons. The number of hydrogen-bond acceptors (Lipinski definition) is 3. The average molecular weight is 291 g/mol. The molecule has 1 rings (SSSR count). The van der Waals surface area contributed by atoms with Gasteiger partial charge in [-0.25, -0.2) is 0 Å². The van der Waals surface area contributed by atoms with Crippen LogP contribution in [-0.4, -0.2) is 23.7 Å². The fraction of sp³-hybridized carbons (Fsp3) is 0.417. The van der Waals surface area contributed by atoms with E-state index in [1.807, 2.05) is 13.0 Å². The van der Waals surface area contributed by atoms with E-state index in [1.165, 1.54) is 0 Å². The molecule has 0 heterocycles. The maximum atomic E-state index is 10.7. The Morgan fingerprint density at radius 3 is 2.61 bits per heavy atom. The topological polar surface area (TPSA) is 75.3 Å². The molecule has 1 amide bonds. The second-order valence-corrected chi connectivity index (χ2v) is 4.78. The molecular formula is C12H16Cl2N2O2. The van der Waals surface area contributed by atoms with Gasteiger partial charge in [0.1, 0.15) is 6.10 Å². The smallest absolute Gasteiger partial charge is 0.247 e. The highest BCUT2D eigenvalue weighted by atomic mass is 35.5. The molecule has 6 heteroatoms. The molecule has 1 aromatic rings. The number of nitrogens with one attached hydrogen (secondary N) is 1. The van der Waals surface area contributed by atoms with Gasteiger partial charge < -0.3 is 16.2 Å². The Hall–Kier alpha value is -0.810. The minimum atomic E-state index is -1.19. The zero-order valence-electron chi connectivity index (χ0n) is 9.99. The van der Waals surface area contributed by atoms with E-state index in [2.05, 4.69) is 5.32 Å². The number of nitrogens with two attached hydrogens (primary N) is 1. The number of benzene rings is 1. The largest absolute Gasteiger partial charge is 0.382 e. The Labute approximate surface area is 116 Å². The quantitative estimate of drug-likeness (QED) is 0.749. The molecule has 0 aliphatic carbocycles. The van der Waals surface area contributed by atoms with E-state index in [1.54, 1.807) is 12.1 Å². The van der Waals surface area contributed by atoms with Crippen LogP contribution in [0.3, 0.4) is 0 Å². The summed E-state index contributed by atoms with van der Waals surface area (Å²) in [6.07, 6.45) is -0.412. The van der Waals surface area contributed by atoms with Crippen LogP contribution in [0.25, 0.3) is 0 Å². The van der Waals surface area contributed by atoms with Gasteiger partial charge in [-0.15, -0.1) is 0 Å². The van der Waals surface area contributed by atoms with Gasteiger partial charge in [0.2, 0.25) is 5.91 Å². The van der Waals surface area contributed by atoms with Crippen LogP contribution in [0.1, 0.15) is 24.9 Å². The Bertz CT molecular complexity index is 427. The number of aliphatic hydroxyl groups is 1. The van der Waals surface area contributed by atoms with Crippen molar-refractivity contribution in [1.29, 1.82) is 0 Å². The number of carbonyl (C=O) groups excluding carboxylic acids is 1. The first-order valence-corrected chi connectivity index (χ1v) is 6.37. The van der Waals surface area contributed by atoms with E-state index in [0.29, 0.717) is 10.0 Å². The summed E-state index contributed by atoms with van der Waals surface area (Å²) in [5.41, 5.74) is 5.93. The average Bonchev–Trinajstić information content (AvgIpc) is 2.33. The first-order valence-electron chi connectivity index (χ1n) is 5.61. The van der Waals surface area contributed by atoms with Crippen molar-refractivity contribution in [2.24, 2.45) is 5.73 Å². The summed E-state index contributed by atoms with van der Waals surface area (Å²) < 4.78 is 0. The van der Waals surface area contributed by atoms with Gasteiger partial charge in [-0.3, -0.25) is 4.79 Å². The third-order valence-corrected chi connectivity index (χ3v) is 3.38. The highest BCUT2D eigenvalue weighted by Crippen LogP contribution is 2.26. The Balaban J connectivity index is 2.71. The predicted molar refractivity (Wildman–Crippen MR) is 72.7 cm³/mol. The van der Waals surface area contributed by atoms with Gasteiger partial charge in [0, 0.05) is 12.6 Å². The van der Waals surface area contributed by atoms with Gasteiger partial charge in [-0.05, 0) is 24.1 Å². The number of hydrogen-bond donors (Lipinski definition) is 3. The zero-order valence-corrected chi connectivity index (χ0v) is 11.5. The lowest BCUT2D eigenvalue weighted by Crippen LogP contribution is -2.38. The molecule has 0 aliphatic rings. The van der Waals surface area contributed by atoms with Gasteiger partial charge in [-0.1, -0.05) is 36.2 Å². The first kappa shape index (κ1) is 15.2. The van der Waals surface area contributed by atoms with Crippen molar-refractivity contribution < 1.29 is 9.90 Å². The molecule has 0 bridgehead atoms. The van der Waals surface area contributed by atoms with Crippen molar-refractivity contribution in [2.75, 3.05) is 6.54 Å². The van der Waals surface area contributed by atoms with Crippen molar-refractivity contribution >= 4 is 29.1 Å². The van der Waals surface area contributed by atoms with Gasteiger partial charge >= 0.3 is 0 Å². The second-order valence-electron chi connectivity index (χ2n) is 3.96. The molecule has 0 fully saturated rings. The first-order chi connectivity index (χ1) is 8.45. The highest BCUT2D eigenvalue weighted by Gasteiger charge is 2.15. The summed E-state index contributed by atoms with van der Waals surface area (Å²) in [5.74, 6) is -0.744.